The molecule has 0 bridgehead atoms. The summed E-state index contributed by atoms with van der Waals surface area (Å²) in [5, 5.41) is -0.114. The summed E-state index contributed by atoms with van der Waals surface area (Å²) in [6, 6.07) is 1.02. The minimum atomic E-state index is -4.92. The quantitative estimate of drug-likeness (QED) is 0.629. The number of alkyl halides is 3. The van der Waals surface area contributed by atoms with Gasteiger partial charge in [-0.1, -0.05) is 11.6 Å². The van der Waals surface area contributed by atoms with Crippen molar-refractivity contribution in [1.82, 2.24) is 4.98 Å². The minimum absolute atomic E-state index is 0.114. The van der Waals surface area contributed by atoms with Crippen molar-refractivity contribution >= 4 is 21.7 Å². The standard InChI is InChI=1S/C8H7ClF3NO4S/c1-18(14,15)16-4-5-2-7(9)13-3-6(5)17-8(10,11)12/h2-3H,4H2,1H3. The van der Waals surface area contributed by atoms with E-state index in [1.54, 1.807) is 0 Å². The molecule has 0 aliphatic rings. The molecule has 0 aliphatic heterocycles. The van der Waals surface area contributed by atoms with Gasteiger partial charge in [0.25, 0.3) is 10.1 Å². The fourth-order valence-electron chi connectivity index (χ4n) is 0.955. The van der Waals surface area contributed by atoms with Gasteiger partial charge in [-0.2, -0.15) is 8.42 Å². The van der Waals surface area contributed by atoms with Gasteiger partial charge < -0.3 is 4.74 Å². The molecule has 10 heteroatoms. The number of hydrogen-bond donors (Lipinski definition) is 0. The number of aromatic nitrogens is 1. The van der Waals surface area contributed by atoms with Crippen LogP contribution in [0.25, 0.3) is 0 Å². The average Bonchev–Trinajstić information content (AvgIpc) is 2.15. The van der Waals surface area contributed by atoms with Crippen molar-refractivity contribution in [2.24, 2.45) is 0 Å². The summed E-state index contributed by atoms with van der Waals surface area (Å²) >= 11 is 5.49. The highest BCUT2D eigenvalue weighted by Gasteiger charge is 2.32. The van der Waals surface area contributed by atoms with E-state index in [1.807, 2.05) is 0 Å². The number of ether oxygens (including phenoxy) is 1. The van der Waals surface area contributed by atoms with Gasteiger partial charge in [0.05, 0.1) is 19.1 Å². The first-order valence-electron chi connectivity index (χ1n) is 4.31. The smallest absolute Gasteiger partial charge is 0.404 e. The molecule has 0 radical (unpaired) electrons. The van der Waals surface area contributed by atoms with Gasteiger partial charge in [0.1, 0.15) is 5.15 Å². The Balaban J connectivity index is 2.97. The molecule has 1 rings (SSSR count). The zero-order valence-corrected chi connectivity index (χ0v) is 10.4. The number of halogens is 4. The maximum absolute atomic E-state index is 12.1. The SMILES string of the molecule is CS(=O)(=O)OCc1cc(Cl)ncc1OC(F)(F)F. The van der Waals surface area contributed by atoms with Crippen LogP contribution in [0, 0.1) is 0 Å². The molecular weight excluding hydrogens is 299 g/mol. The highest BCUT2D eigenvalue weighted by molar-refractivity contribution is 7.85. The lowest BCUT2D eigenvalue weighted by Crippen LogP contribution is -2.18. The van der Waals surface area contributed by atoms with Crippen molar-refractivity contribution in [2.75, 3.05) is 6.26 Å². The molecule has 0 unspecified atom stereocenters. The summed E-state index contributed by atoms with van der Waals surface area (Å²) in [6.07, 6.45) is -3.42. The molecule has 0 N–H and O–H groups in total. The van der Waals surface area contributed by atoms with E-state index in [-0.39, 0.29) is 10.7 Å². The molecule has 0 aliphatic carbocycles. The molecule has 1 aromatic heterocycles. The van der Waals surface area contributed by atoms with Crippen LogP contribution in [0.3, 0.4) is 0 Å². The van der Waals surface area contributed by atoms with E-state index in [4.69, 9.17) is 11.6 Å². The Morgan fingerprint density at radius 2 is 2.06 bits per heavy atom. The van der Waals surface area contributed by atoms with Crippen LogP contribution in [0.2, 0.25) is 5.15 Å². The lowest BCUT2D eigenvalue weighted by molar-refractivity contribution is -0.275. The molecule has 102 valence electrons. The van der Waals surface area contributed by atoms with Crippen molar-refractivity contribution in [3.05, 3.63) is 23.0 Å². The third-order valence-corrected chi connectivity index (χ3v) is 2.32. The van der Waals surface area contributed by atoms with Crippen LogP contribution < -0.4 is 4.74 Å². The fourth-order valence-corrected chi connectivity index (χ4v) is 1.48. The molecule has 0 aromatic carbocycles. The largest absolute Gasteiger partial charge is 0.573 e. The van der Waals surface area contributed by atoms with E-state index in [0.717, 1.165) is 18.5 Å². The van der Waals surface area contributed by atoms with Gasteiger partial charge in [-0.15, -0.1) is 13.2 Å². The number of pyridine rings is 1. The van der Waals surface area contributed by atoms with E-state index in [1.165, 1.54) is 0 Å². The molecule has 0 amide bonds. The normalized spacial score (nSPS) is 12.5. The summed E-state index contributed by atoms with van der Waals surface area (Å²) in [5.74, 6) is -0.671. The van der Waals surface area contributed by atoms with E-state index in [2.05, 4.69) is 13.9 Å². The van der Waals surface area contributed by atoms with E-state index >= 15 is 0 Å². The van der Waals surface area contributed by atoms with Crippen molar-refractivity contribution in [2.45, 2.75) is 13.0 Å². The predicted octanol–water partition coefficient (Wildman–Crippen LogP) is 2.11. The maximum Gasteiger partial charge on any atom is 0.573 e. The second-order valence-electron chi connectivity index (χ2n) is 3.13. The third kappa shape index (κ3) is 5.52. The Labute approximate surface area is 106 Å². The van der Waals surface area contributed by atoms with Crippen LogP contribution in [-0.4, -0.2) is 26.0 Å². The summed E-state index contributed by atoms with van der Waals surface area (Å²) < 4.78 is 65.7. The van der Waals surface area contributed by atoms with Crippen molar-refractivity contribution in [3.8, 4) is 5.75 Å². The van der Waals surface area contributed by atoms with E-state index in [0.29, 0.717) is 0 Å². The highest BCUT2D eigenvalue weighted by atomic mass is 35.5. The third-order valence-electron chi connectivity index (χ3n) is 1.57. The van der Waals surface area contributed by atoms with Gasteiger partial charge >= 0.3 is 6.36 Å². The van der Waals surface area contributed by atoms with E-state index < -0.39 is 28.8 Å². The Morgan fingerprint density at radius 3 is 2.56 bits per heavy atom. The van der Waals surface area contributed by atoms with Gasteiger partial charge in [-0.25, -0.2) is 4.98 Å². The van der Waals surface area contributed by atoms with E-state index in [9.17, 15) is 21.6 Å². The topological polar surface area (TPSA) is 65.5 Å². The van der Waals surface area contributed by atoms with Gasteiger partial charge in [0.15, 0.2) is 5.75 Å². The Kier molecular flexibility index (Phi) is 4.41. The van der Waals surface area contributed by atoms with Crippen molar-refractivity contribution in [3.63, 3.8) is 0 Å². The molecule has 0 atom stereocenters. The zero-order valence-electron chi connectivity index (χ0n) is 8.86. The van der Waals surface area contributed by atoms with Crippen molar-refractivity contribution in [1.29, 1.82) is 0 Å². The molecular formula is C8H7ClF3NO4S. The van der Waals surface area contributed by atoms with Crippen LogP contribution in [0.15, 0.2) is 12.3 Å². The molecule has 1 aromatic rings. The zero-order chi connectivity index (χ0) is 14.0. The van der Waals surface area contributed by atoms with Crippen LogP contribution in [0.5, 0.6) is 5.75 Å². The van der Waals surface area contributed by atoms with Gasteiger partial charge in [-0.05, 0) is 6.07 Å². The Hall–Kier alpha value is -1.06. The van der Waals surface area contributed by atoms with Gasteiger partial charge in [0, 0.05) is 5.56 Å². The van der Waals surface area contributed by atoms with Crippen LogP contribution in [0.1, 0.15) is 5.56 Å². The summed E-state index contributed by atoms with van der Waals surface area (Å²) in [7, 11) is -3.80. The molecule has 1 heterocycles. The monoisotopic (exact) mass is 305 g/mol. The lowest BCUT2D eigenvalue weighted by atomic mass is 10.2. The molecule has 0 saturated carbocycles. The minimum Gasteiger partial charge on any atom is -0.404 e. The molecule has 0 saturated heterocycles. The first-order chi connectivity index (χ1) is 8.07. The average molecular weight is 306 g/mol. The van der Waals surface area contributed by atoms with Crippen LogP contribution in [-0.2, 0) is 20.9 Å². The van der Waals surface area contributed by atoms with Gasteiger partial charge in [-0.3, -0.25) is 4.18 Å². The number of rotatable bonds is 4. The molecule has 18 heavy (non-hydrogen) atoms. The summed E-state index contributed by atoms with van der Waals surface area (Å²) in [6.45, 7) is -0.632. The molecule has 5 nitrogen and oxygen atoms in total. The lowest BCUT2D eigenvalue weighted by Gasteiger charge is -2.12. The van der Waals surface area contributed by atoms with Crippen LogP contribution >= 0.6 is 11.6 Å². The number of nitrogens with zero attached hydrogens (tertiary/aromatic N) is 1. The molecule has 0 fully saturated rings. The summed E-state index contributed by atoms with van der Waals surface area (Å²) in [4.78, 5) is 3.40. The van der Waals surface area contributed by atoms with Crippen LogP contribution in [0.4, 0.5) is 13.2 Å². The Bertz CT molecular complexity index is 532. The first-order valence-corrected chi connectivity index (χ1v) is 6.51. The fraction of sp³-hybridized carbons (Fsp3) is 0.375. The van der Waals surface area contributed by atoms with Crippen molar-refractivity contribution < 1.29 is 30.5 Å². The maximum atomic E-state index is 12.1. The molecule has 0 spiro atoms. The second kappa shape index (κ2) is 5.29. The number of hydrogen-bond acceptors (Lipinski definition) is 5. The predicted molar refractivity (Wildman–Crippen MR) is 55.6 cm³/mol. The second-order valence-corrected chi connectivity index (χ2v) is 5.16. The highest BCUT2D eigenvalue weighted by Crippen LogP contribution is 2.27. The first kappa shape index (κ1) is 15.0. The van der Waals surface area contributed by atoms with Gasteiger partial charge in [0.2, 0.25) is 0 Å². The summed E-state index contributed by atoms with van der Waals surface area (Å²) in [5.41, 5.74) is -0.183. The Morgan fingerprint density at radius 1 is 1.44 bits per heavy atom.